The second-order valence-electron chi connectivity index (χ2n) is 2.15. The summed E-state index contributed by atoms with van der Waals surface area (Å²) in [4.78, 5) is 0. The highest BCUT2D eigenvalue weighted by molar-refractivity contribution is 7.06. The van der Waals surface area contributed by atoms with Crippen molar-refractivity contribution in [3.63, 3.8) is 0 Å². The number of hydrogen-bond donors (Lipinski definition) is 0. The van der Waals surface area contributed by atoms with Gasteiger partial charge in [0.1, 0.15) is 8.11 Å². The summed E-state index contributed by atoms with van der Waals surface area (Å²) in [6.07, 6.45) is 2.64. The Morgan fingerprint density at radius 2 is 2.00 bits per heavy atom. The largest absolute Gasteiger partial charge is 0.172 e. The van der Waals surface area contributed by atoms with Gasteiger partial charge in [-0.25, -0.2) is 0 Å². The Balaban J connectivity index is 2.86. The van der Waals surface area contributed by atoms with Gasteiger partial charge in [-0.15, -0.1) is 0 Å². The Kier molecular flexibility index (Phi) is 6.00. The molecule has 0 spiro atoms. The summed E-state index contributed by atoms with van der Waals surface area (Å²) in [5.74, 6) is 0. The number of rotatable bonds is 4. The summed E-state index contributed by atoms with van der Waals surface area (Å²) >= 11 is 5.98. The van der Waals surface area contributed by atoms with E-state index < -0.39 is 8.11 Å². The normalized spacial score (nSPS) is 13.9. The average molecular weight is 151 g/mol. The smallest absolute Gasteiger partial charge is 0.140 e. The minimum absolute atomic E-state index is 0.727. The molecule has 8 heavy (non-hydrogen) atoms. The van der Waals surface area contributed by atoms with Crippen molar-refractivity contribution in [2.24, 2.45) is 0 Å². The highest BCUT2D eigenvalue weighted by Gasteiger charge is 2.00. The number of unbranched alkanes of at least 4 members (excludes halogenated alkanes) is 1. The van der Waals surface area contributed by atoms with E-state index in [2.05, 4.69) is 13.8 Å². The van der Waals surface area contributed by atoms with Crippen molar-refractivity contribution >= 4 is 19.2 Å². The third kappa shape index (κ3) is 4.66. The molecule has 0 heterocycles. The van der Waals surface area contributed by atoms with Crippen molar-refractivity contribution in [1.29, 1.82) is 0 Å². The molecule has 0 aliphatic heterocycles. The van der Waals surface area contributed by atoms with Crippen LogP contribution in [0.3, 0.4) is 0 Å². The molecule has 0 aliphatic carbocycles. The number of halogens is 1. The van der Waals surface area contributed by atoms with Crippen LogP contribution in [0, 0.1) is 0 Å². The molecule has 0 aromatic rings. The molecule has 0 nitrogen and oxygen atoms in total. The highest BCUT2D eigenvalue weighted by Crippen LogP contribution is 2.07. The van der Waals surface area contributed by atoms with E-state index in [9.17, 15) is 0 Å². The van der Waals surface area contributed by atoms with Crippen molar-refractivity contribution in [2.75, 3.05) is 0 Å². The molecule has 0 aliphatic rings. The molecular weight excluding hydrogens is 136 g/mol. The molecule has 0 aromatic heterocycles. The molecule has 0 rings (SSSR count). The van der Waals surface area contributed by atoms with Crippen LogP contribution in [0.25, 0.3) is 0 Å². The SMILES string of the molecule is CCCC[SiH](Cl)CC. The standard InChI is InChI=1S/C6H15ClSi/c1-3-5-6-8(7)4-2/h8H,3-6H2,1-2H3. The monoisotopic (exact) mass is 150 g/mol. The van der Waals surface area contributed by atoms with Crippen LogP contribution in [0.5, 0.6) is 0 Å². The van der Waals surface area contributed by atoms with Gasteiger partial charge in [-0.3, -0.25) is 0 Å². The summed E-state index contributed by atoms with van der Waals surface area (Å²) in [7, 11) is -0.727. The summed E-state index contributed by atoms with van der Waals surface area (Å²) in [5, 5.41) is 0. The van der Waals surface area contributed by atoms with E-state index in [1.165, 1.54) is 24.9 Å². The molecule has 0 bridgehead atoms. The second-order valence-corrected chi connectivity index (χ2v) is 6.59. The first-order valence-corrected chi connectivity index (χ1v) is 6.83. The Hall–Kier alpha value is 0.507. The lowest BCUT2D eigenvalue weighted by Gasteiger charge is -1.99. The quantitative estimate of drug-likeness (QED) is 0.427. The molecule has 0 N–H and O–H groups in total. The minimum Gasteiger partial charge on any atom is -0.172 e. The van der Waals surface area contributed by atoms with Crippen molar-refractivity contribution in [3.8, 4) is 0 Å². The molecule has 0 aromatic carbocycles. The summed E-state index contributed by atoms with van der Waals surface area (Å²) in [6, 6.07) is 2.58. The average Bonchev–Trinajstić information content (AvgIpc) is 1.83. The molecule has 1 atom stereocenters. The predicted molar refractivity (Wildman–Crippen MR) is 43.2 cm³/mol. The van der Waals surface area contributed by atoms with Gasteiger partial charge >= 0.3 is 0 Å². The van der Waals surface area contributed by atoms with Crippen LogP contribution in [-0.2, 0) is 0 Å². The zero-order valence-electron chi connectivity index (χ0n) is 5.78. The second kappa shape index (κ2) is 5.64. The zero-order valence-corrected chi connectivity index (χ0v) is 7.69. The van der Waals surface area contributed by atoms with E-state index in [1.807, 2.05) is 0 Å². The molecular formula is C6H15ClSi. The summed E-state index contributed by atoms with van der Waals surface area (Å²) < 4.78 is 0. The van der Waals surface area contributed by atoms with E-state index >= 15 is 0 Å². The topological polar surface area (TPSA) is 0 Å². The van der Waals surface area contributed by atoms with E-state index in [4.69, 9.17) is 11.1 Å². The molecule has 0 amide bonds. The highest BCUT2D eigenvalue weighted by atomic mass is 35.6. The first-order valence-electron chi connectivity index (χ1n) is 3.45. The minimum atomic E-state index is -0.727. The molecule has 0 saturated carbocycles. The number of hydrogen-bond acceptors (Lipinski definition) is 0. The summed E-state index contributed by atoms with van der Waals surface area (Å²) in [6.45, 7) is 4.41. The van der Waals surface area contributed by atoms with Crippen LogP contribution in [0.15, 0.2) is 0 Å². The predicted octanol–water partition coefficient (Wildman–Crippen LogP) is 2.77. The van der Waals surface area contributed by atoms with Crippen molar-refractivity contribution in [1.82, 2.24) is 0 Å². The fraction of sp³-hybridized carbons (Fsp3) is 1.00. The Morgan fingerprint density at radius 3 is 2.38 bits per heavy atom. The van der Waals surface area contributed by atoms with Gasteiger partial charge in [0.05, 0.1) is 0 Å². The maximum Gasteiger partial charge on any atom is 0.140 e. The summed E-state index contributed by atoms with van der Waals surface area (Å²) in [5.41, 5.74) is 0. The van der Waals surface area contributed by atoms with E-state index in [0.29, 0.717) is 0 Å². The van der Waals surface area contributed by atoms with Gasteiger partial charge in [0.15, 0.2) is 0 Å². The fourth-order valence-corrected chi connectivity index (χ4v) is 2.35. The lowest BCUT2D eigenvalue weighted by Crippen LogP contribution is -1.98. The first kappa shape index (κ1) is 8.51. The van der Waals surface area contributed by atoms with E-state index in [-0.39, 0.29) is 0 Å². The van der Waals surface area contributed by atoms with Crippen LogP contribution in [-0.4, -0.2) is 8.11 Å². The molecule has 2 heteroatoms. The molecule has 0 saturated heterocycles. The van der Waals surface area contributed by atoms with E-state index in [0.717, 1.165) is 0 Å². The van der Waals surface area contributed by atoms with Crippen LogP contribution in [0.2, 0.25) is 12.1 Å². The Labute approximate surface area is 58.6 Å². The molecule has 1 unspecified atom stereocenters. The van der Waals surface area contributed by atoms with Crippen LogP contribution < -0.4 is 0 Å². The third-order valence-corrected chi connectivity index (χ3v) is 4.82. The zero-order chi connectivity index (χ0) is 6.41. The molecule has 0 fully saturated rings. The maximum absolute atomic E-state index is 5.98. The lowest BCUT2D eigenvalue weighted by molar-refractivity contribution is 0.876. The van der Waals surface area contributed by atoms with Crippen LogP contribution >= 0.6 is 11.1 Å². The fourth-order valence-electron chi connectivity index (χ4n) is 0.630. The molecule has 0 radical (unpaired) electrons. The Bertz CT molecular complexity index is 47.8. The first-order chi connectivity index (χ1) is 3.81. The van der Waals surface area contributed by atoms with Gasteiger partial charge in [-0.1, -0.05) is 26.7 Å². The van der Waals surface area contributed by atoms with Gasteiger partial charge in [0, 0.05) is 0 Å². The van der Waals surface area contributed by atoms with Crippen LogP contribution in [0.1, 0.15) is 26.7 Å². The van der Waals surface area contributed by atoms with Gasteiger partial charge in [-0.05, 0) is 12.1 Å². The molecule has 50 valence electrons. The van der Waals surface area contributed by atoms with Crippen molar-refractivity contribution in [3.05, 3.63) is 0 Å². The van der Waals surface area contributed by atoms with Gasteiger partial charge < -0.3 is 0 Å². The lowest BCUT2D eigenvalue weighted by atomic mass is 10.4. The van der Waals surface area contributed by atoms with Gasteiger partial charge in [0.2, 0.25) is 0 Å². The van der Waals surface area contributed by atoms with Gasteiger partial charge in [-0.2, -0.15) is 11.1 Å². The van der Waals surface area contributed by atoms with Crippen molar-refractivity contribution < 1.29 is 0 Å². The maximum atomic E-state index is 5.98. The van der Waals surface area contributed by atoms with Gasteiger partial charge in [0.25, 0.3) is 0 Å². The Morgan fingerprint density at radius 1 is 1.38 bits per heavy atom. The van der Waals surface area contributed by atoms with Crippen molar-refractivity contribution in [2.45, 2.75) is 38.8 Å². The van der Waals surface area contributed by atoms with E-state index in [1.54, 1.807) is 0 Å². The third-order valence-electron chi connectivity index (χ3n) is 1.31. The van der Waals surface area contributed by atoms with Crippen LogP contribution in [0.4, 0.5) is 0 Å².